The van der Waals surface area contributed by atoms with Crippen LogP contribution in [0.25, 0.3) is 21.8 Å². The molecule has 0 unspecified atom stereocenters. The lowest BCUT2D eigenvalue weighted by atomic mass is 10.1. The predicted molar refractivity (Wildman–Crippen MR) is 76.2 cm³/mol. The Labute approximate surface area is 118 Å². The van der Waals surface area contributed by atoms with Gasteiger partial charge < -0.3 is 9.72 Å². The fraction of sp³-hybridized carbons (Fsp3) is 0.0714. The molecular formula is C14H9ClN2O3. The highest BCUT2D eigenvalue weighted by molar-refractivity contribution is 6.31. The largest absolute Gasteiger partial charge is 0.465 e. The molecule has 0 fully saturated rings. The zero-order valence-corrected chi connectivity index (χ0v) is 11.2. The number of esters is 1. The van der Waals surface area contributed by atoms with Crippen LogP contribution in [-0.4, -0.2) is 23.0 Å². The zero-order valence-electron chi connectivity index (χ0n) is 10.4. The van der Waals surface area contributed by atoms with Gasteiger partial charge in [-0.2, -0.15) is 0 Å². The fourth-order valence-corrected chi connectivity index (χ4v) is 2.27. The summed E-state index contributed by atoms with van der Waals surface area (Å²) in [6, 6.07) is 6.59. The average molecular weight is 289 g/mol. The van der Waals surface area contributed by atoms with E-state index in [2.05, 4.69) is 14.7 Å². The van der Waals surface area contributed by atoms with Gasteiger partial charge in [-0.25, -0.2) is 4.79 Å². The number of fused-ring (bicyclic) bond motifs is 3. The summed E-state index contributed by atoms with van der Waals surface area (Å²) in [7, 11) is 1.27. The van der Waals surface area contributed by atoms with Gasteiger partial charge in [0.05, 0.1) is 29.1 Å². The first-order valence-corrected chi connectivity index (χ1v) is 6.17. The van der Waals surface area contributed by atoms with Gasteiger partial charge in [0.15, 0.2) is 0 Å². The summed E-state index contributed by atoms with van der Waals surface area (Å²) in [6.07, 6.45) is 1.38. The summed E-state index contributed by atoms with van der Waals surface area (Å²) in [5.41, 5.74) is 1.06. The molecule has 1 aromatic carbocycles. The third kappa shape index (κ3) is 1.92. The fourth-order valence-electron chi connectivity index (χ4n) is 2.09. The van der Waals surface area contributed by atoms with Crippen molar-refractivity contribution in [3.63, 3.8) is 0 Å². The Morgan fingerprint density at radius 1 is 1.30 bits per heavy atom. The normalized spacial score (nSPS) is 10.9. The average Bonchev–Trinajstić information content (AvgIpc) is 2.47. The molecule has 2 heterocycles. The van der Waals surface area contributed by atoms with Crippen LogP contribution in [0.15, 0.2) is 35.3 Å². The van der Waals surface area contributed by atoms with E-state index in [1.807, 2.05) is 0 Å². The van der Waals surface area contributed by atoms with Gasteiger partial charge in [-0.15, -0.1) is 0 Å². The molecule has 0 aliphatic rings. The van der Waals surface area contributed by atoms with Crippen molar-refractivity contribution in [1.29, 1.82) is 0 Å². The van der Waals surface area contributed by atoms with Gasteiger partial charge in [0.1, 0.15) is 0 Å². The van der Waals surface area contributed by atoms with E-state index in [1.54, 1.807) is 18.2 Å². The summed E-state index contributed by atoms with van der Waals surface area (Å²) < 4.78 is 4.62. The van der Waals surface area contributed by atoms with Crippen LogP contribution in [0, 0.1) is 0 Å². The Kier molecular flexibility index (Phi) is 2.91. The maximum atomic E-state index is 12.1. The first kappa shape index (κ1) is 12.6. The number of H-pyrrole nitrogens is 1. The predicted octanol–water partition coefficient (Wildman–Crippen LogP) is 2.52. The molecule has 20 heavy (non-hydrogen) atoms. The molecule has 0 aliphatic carbocycles. The lowest BCUT2D eigenvalue weighted by molar-refractivity contribution is 0.0600. The molecule has 0 amide bonds. The number of nitrogens with zero attached hydrogens (tertiary/aromatic N) is 1. The molecule has 0 radical (unpaired) electrons. The molecule has 5 nitrogen and oxygen atoms in total. The number of pyridine rings is 2. The lowest BCUT2D eigenvalue weighted by Crippen LogP contribution is -2.09. The van der Waals surface area contributed by atoms with Gasteiger partial charge in [0.2, 0.25) is 0 Å². The molecular weight excluding hydrogens is 280 g/mol. The number of aromatic amines is 1. The van der Waals surface area contributed by atoms with Crippen molar-refractivity contribution in [2.45, 2.75) is 0 Å². The van der Waals surface area contributed by atoms with Crippen LogP contribution < -0.4 is 5.56 Å². The van der Waals surface area contributed by atoms with Crippen LogP contribution in [0.4, 0.5) is 0 Å². The summed E-state index contributed by atoms with van der Waals surface area (Å²) in [5, 5.41) is 1.59. The SMILES string of the molecule is COC(=O)c1cnc2c(c1)c(=O)[nH]c1ccc(Cl)cc12. The van der Waals surface area contributed by atoms with Gasteiger partial charge >= 0.3 is 5.97 Å². The number of halogens is 1. The Morgan fingerprint density at radius 2 is 2.10 bits per heavy atom. The Balaban J connectivity index is 2.42. The Bertz CT molecular complexity index is 902. The molecule has 0 atom stereocenters. The molecule has 0 bridgehead atoms. The smallest absolute Gasteiger partial charge is 0.339 e. The second-order valence-electron chi connectivity index (χ2n) is 4.26. The molecule has 0 saturated heterocycles. The maximum absolute atomic E-state index is 12.1. The van der Waals surface area contributed by atoms with Crippen molar-refractivity contribution in [2.24, 2.45) is 0 Å². The van der Waals surface area contributed by atoms with Gasteiger partial charge in [-0.1, -0.05) is 11.6 Å². The highest BCUT2D eigenvalue weighted by Crippen LogP contribution is 2.23. The summed E-state index contributed by atoms with van der Waals surface area (Å²) in [5.74, 6) is -0.537. The quantitative estimate of drug-likeness (QED) is 0.552. The summed E-state index contributed by atoms with van der Waals surface area (Å²) in [4.78, 5) is 30.5. The molecule has 3 aromatic rings. The molecule has 1 N–H and O–H groups in total. The van der Waals surface area contributed by atoms with Crippen LogP contribution in [0.2, 0.25) is 5.02 Å². The van der Waals surface area contributed by atoms with E-state index in [0.717, 1.165) is 5.39 Å². The number of ether oxygens (including phenoxy) is 1. The van der Waals surface area contributed by atoms with Crippen LogP contribution >= 0.6 is 11.6 Å². The van der Waals surface area contributed by atoms with E-state index in [9.17, 15) is 9.59 Å². The molecule has 0 aliphatic heterocycles. The van der Waals surface area contributed by atoms with Crippen molar-refractivity contribution in [3.8, 4) is 0 Å². The topological polar surface area (TPSA) is 72.0 Å². The second-order valence-corrected chi connectivity index (χ2v) is 4.69. The number of rotatable bonds is 1. The highest BCUT2D eigenvalue weighted by atomic mass is 35.5. The van der Waals surface area contributed by atoms with E-state index < -0.39 is 5.97 Å². The number of hydrogen-bond donors (Lipinski definition) is 1. The zero-order chi connectivity index (χ0) is 14.3. The minimum absolute atomic E-state index is 0.229. The van der Waals surface area contributed by atoms with Gasteiger partial charge in [-0.05, 0) is 24.3 Å². The number of benzene rings is 1. The lowest BCUT2D eigenvalue weighted by Gasteiger charge is -2.05. The van der Waals surface area contributed by atoms with Crippen molar-refractivity contribution in [3.05, 3.63) is 51.4 Å². The molecule has 6 heteroatoms. The van der Waals surface area contributed by atoms with E-state index in [0.29, 0.717) is 21.4 Å². The first-order chi connectivity index (χ1) is 9.60. The van der Waals surface area contributed by atoms with Crippen LogP contribution in [0.3, 0.4) is 0 Å². The summed E-state index contributed by atoms with van der Waals surface area (Å²) >= 11 is 5.97. The molecule has 2 aromatic heterocycles. The Hall–Kier alpha value is -2.40. The first-order valence-electron chi connectivity index (χ1n) is 5.80. The Morgan fingerprint density at radius 3 is 2.85 bits per heavy atom. The summed E-state index contributed by atoms with van der Waals surface area (Å²) in [6.45, 7) is 0. The standard InChI is InChI=1S/C14H9ClN2O3/c1-20-14(19)7-4-10-12(16-6-7)9-5-8(15)2-3-11(9)17-13(10)18/h2-6H,1H3,(H,17,18). The third-order valence-electron chi connectivity index (χ3n) is 3.04. The van der Waals surface area contributed by atoms with Crippen LogP contribution in [0.5, 0.6) is 0 Å². The number of carbonyl (C=O) groups is 1. The number of methoxy groups -OCH3 is 1. The minimum Gasteiger partial charge on any atom is -0.465 e. The molecule has 0 spiro atoms. The molecule has 100 valence electrons. The van der Waals surface area contributed by atoms with E-state index in [1.165, 1.54) is 19.4 Å². The highest BCUT2D eigenvalue weighted by Gasteiger charge is 2.11. The van der Waals surface area contributed by atoms with Gasteiger partial charge in [-0.3, -0.25) is 9.78 Å². The van der Waals surface area contributed by atoms with Crippen LogP contribution in [0.1, 0.15) is 10.4 Å². The van der Waals surface area contributed by atoms with E-state index in [-0.39, 0.29) is 11.1 Å². The van der Waals surface area contributed by atoms with Gasteiger partial charge in [0, 0.05) is 16.6 Å². The monoisotopic (exact) mass is 288 g/mol. The second kappa shape index (κ2) is 4.61. The van der Waals surface area contributed by atoms with Crippen molar-refractivity contribution < 1.29 is 9.53 Å². The van der Waals surface area contributed by atoms with Crippen molar-refractivity contribution in [2.75, 3.05) is 7.11 Å². The number of carbonyl (C=O) groups excluding carboxylic acids is 1. The third-order valence-corrected chi connectivity index (χ3v) is 3.27. The molecule has 3 rings (SSSR count). The number of aromatic nitrogens is 2. The van der Waals surface area contributed by atoms with Gasteiger partial charge in [0.25, 0.3) is 5.56 Å². The molecule has 0 saturated carbocycles. The number of nitrogens with one attached hydrogen (secondary N) is 1. The maximum Gasteiger partial charge on any atom is 0.339 e. The van der Waals surface area contributed by atoms with Crippen molar-refractivity contribution in [1.82, 2.24) is 9.97 Å². The van der Waals surface area contributed by atoms with E-state index in [4.69, 9.17) is 11.6 Å². The van der Waals surface area contributed by atoms with Crippen molar-refractivity contribution >= 4 is 39.4 Å². The minimum atomic E-state index is -0.537. The number of hydrogen-bond acceptors (Lipinski definition) is 4. The van der Waals surface area contributed by atoms with E-state index >= 15 is 0 Å². The van der Waals surface area contributed by atoms with Crippen LogP contribution in [-0.2, 0) is 4.74 Å².